The van der Waals surface area contributed by atoms with Crippen LogP contribution in [0.4, 0.5) is 17.6 Å². The molecule has 1 aromatic carbocycles. The van der Waals surface area contributed by atoms with E-state index in [0.717, 1.165) is 12.3 Å². The largest absolute Gasteiger partial charge is 0.417 e. The van der Waals surface area contributed by atoms with Crippen molar-refractivity contribution in [2.75, 3.05) is 0 Å². The van der Waals surface area contributed by atoms with Crippen LogP contribution in [0, 0.1) is 5.82 Å². The number of nitrogens with one attached hydrogen (secondary N) is 1. The first-order valence-corrected chi connectivity index (χ1v) is 7.17. The molecule has 0 unspecified atom stereocenters. The molecule has 9 heteroatoms. The summed E-state index contributed by atoms with van der Waals surface area (Å²) in [6, 6.07) is 2.95. The van der Waals surface area contributed by atoms with Crippen LogP contribution < -0.4 is 5.43 Å². The predicted octanol–water partition coefficient (Wildman–Crippen LogP) is 5.05. The molecule has 3 nitrogen and oxygen atoms in total. The second-order valence-electron chi connectivity index (χ2n) is 4.89. The first-order chi connectivity index (χ1) is 11.2. The molecule has 0 aliphatic carbocycles. The summed E-state index contributed by atoms with van der Waals surface area (Å²) in [6.07, 6.45) is -2.89. The molecule has 0 atom stereocenters. The number of aromatic amines is 1. The molecule has 0 radical (unpaired) electrons. The third-order valence-corrected chi connectivity index (χ3v) is 3.84. The van der Waals surface area contributed by atoms with Gasteiger partial charge in [0.1, 0.15) is 5.82 Å². The molecule has 0 fully saturated rings. The van der Waals surface area contributed by atoms with Crippen LogP contribution in [-0.2, 0) is 6.18 Å². The second-order valence-corrected chi connectivity index (χ2v) is 5.74. The minimum atomic E-state index is -4.61. The summed E-state index contributed by atoms with van der Waals surface area (Å²) in [5.74, 6) is -0.729. The van der Waals surface area contributed by atoms with Crippen molar-refractivity contribution in [3.8, 4) is 11.3 Å². The zero-order chi connectivity index (χ0) is 17.6. The van der Waals surface area contributed by atoms with Gasteiger partial charge in [-0.15, -0.1) is 0 Å². The van der Waals surface area contributed by atoms with Gasteiger partial charge in [0.15, 0.2) is 5.43 Å². The number of fused-ring (bicyclic) bond motifs is 1. The molecule has 0 spiro atoms. The van der Waals surface area contributed by atoms with E-state index < -0.39 is 23.0 Å². The van der Waals surface area contributed by atoms with Crippen molar-refractivity contribution in [2.45, 2.75) is 6.18 Å². The van der Waals surface area contributed by atoms with Gasteiger partial charge >= 0.3 is 6.18 Å². The number of pyridine rings is 2. The Balaban J connectivity index is 2.24. The number of alkyl halides is 3. The van der Waals surface area contributed by atoms with Gasteiger partial charge in [-0.1, -0.05) is 23.2 Å². The normalized spacial score (nSPS) is 11.9. The highest BCUT2D eigenvalue weighted by atomic mass is 35.5. The van der Waals surface area contributed by atoms with Crippen LogP contribution in [0.3, 0.4) is 0 Å². The van der Waals surface area contributed by atoms with Gasteiger partial charge in [-0.3, -0.25) is 9.78 Å². The lowest BCUT2D eigenvalue weighted by molar-refractivity contribution is -0.137. The SMILES string of the molecule is O=c1c(-c2ncc(C(F)(F)F)cc2Cl)c[nH]c2c(F)cc(Cl)cc12. The van der Waals surface area contributed by atoms with Gasteiger partial charge in [0.2, 0.25) is 0 Å². The lowest BCUT2D eigenvalue weighted by atomic mass is 10.1. The van der Waals surface area contributed by atoms with Gasteiger partial charge in [-0.2, -0.15) is 13.2 Å². The molecule has 0 aliphatic heterocycles. The van der Waals surface area contributed by atoms with Crippen LogP contribution >= 0.6 is 23.2 Å². The number of rotatable bonds is 1. The van der Waals surface area contributed by atoms with Crippen LogP contribution in [0.2, 0.25) is 10.0 Å². The van der Waals surface area contributed by atoms with Crippen LogP contribution in [0.25, 0.3) is 22.2 Å². The molecule has 24 heavy (non-hydrogen) atoms. The van der Waals surface area contributed by atoms with Crippen LogP contribution in [0.1, 0.15) is 5.56 Å². The predicted molar refractivity (Wildman–Crippen MR) is 82.8 cm³/mol. The molecular weight excluding hydrogens is 371 g/mol. The summed E-state index contributed by atoms with van der Waals surface area (Å²) in [5.41, 5.74) is -2.01. The average molecular weight is 377 g/mol. The minimum Gasteiger partial charge on any atom is -0.358 e. The number of benzene rings is 1. The summed E-state index contributed by atoms with van der Waals surface area (Å²) < 4.78 is 51.8. The van der Waals surface area contributed by atoms with E-state index in [1.807, 2.05) is 0 Å². The third kappa shape index (κ3) is 2.85. The standard InChI is InChI=1S/C15H6Cl2F4N2O/c16-7-2-8-13(11(18)3-7)23-5-9(14(8)24)12-10(17)1-6(4-22-12)15(19,20)21/h1-5H,(H,23,24). The van der Waals surface area contributed by atoms with Gasteiger partial charge in [0.05, 0.1) is 32.7 Å². The lowest BCUT2D eigenvalue weighted by Gasteiger charge is -2.09. The molecule has 124 valence electrons. The first-order valence-electron chi connectivity index (χ1n) is 6.42. The van der Waals surface area contributed by atoms with E-state index in [9.17, 15) is 22.4 Å². The Bertz CT molecular complexity index is 1010. The molecule has 0 saturated carbocycles. The minimum absolute atomic E-state index is 0.00845. The molecular formula is C15H6Cl2F4N2O. The van der Waals surface area contributed by atoms with Gasteiger partial charge < -0.3 is 4.98 Å². The zero-order valence-corrected chi connectivity index (χ0v) is 13.0. The van der Waals surface area contributed by atoms with Crippen molar-refractivity contribution in [1.29, 1.82) is 0 Å². The molecule has 0 saturated heterocycles. The fourth-order valence-electron chi connectivity index (χ4n) is 2.22. The van der Waals surface area contributed by atoms with Crippen molar-refractivity contribution in [3.05, 3.63) is 62.2 Å². The number of aromatic nitrogens is 2. The van der Waals surface area contributed by atoms with Crippen LogP contribution in [-0.4, -0.2) is 9.97 Å². The summed E-state index contributed by atoms with van der Waals surface area (Å²) in [4.78, 5) is 18.7. The van der Waals surface area contributed by atoms with Crippen LogP contribution in [0.15, 0.2) is 35.4 Å². The second kappa shape index (κ2) is 5.75. The van der Waals surface area contributed by atoms with Crippen molar-refractivity contribution >= 4 is 34.1 Å². The summed E-state index contributed by atoms with van der Waals surface area (Å²) in [6.45, 7) is 0. The third-order valence-electron chi connectivity index (χ3n) is 3.33. The van der Waals surface area contributed by atoms with E-state index in [1.54, 1.807) is 0 Å². The van der Waals surface area contributed by atoms with Crippen molar-refractivity contribution < 1.29 is 17.6 Å². The molecule has 2 heterocycles. The van der Waals surface area contributed by atoms with Crippen molar-refractivity contribution in [1.82, 2.24) is 9.97 Å². The van der Waals surface area contributed by atoms with E-state index in [1.165, 1.54) is 6.07 Å². The van der Waals surface area contributed by atoms with E-state index >= 15 is 0 Å². The Hall–Kier alpha value is -2.12. The summed E-state index contributed by atoms with van der Waals surface area (Å²) >= 11 is 11.6. The van der Waals surface area contributed by atoms with E-state index in [2.05, 4.69) is 9.97 Å². The average Bonchev–Trinajstić information content (AvgIpc) is 2.48. The Morgan fingerprint density at radius 2 is 1.83 bits per heavy atom. The molecule has 2 aromatic heterocycles. The Kier molecular flexibility index (Phi) is 4.01. The molecule has 1 N–H and O–H groups in total. The first kappa shape index (κ1) is 16.7. The van der Waals surface area contributed by atoms with Gasteiger partial charge in [-0.25, -0.2) is 4.39 Å². The van der Waals surface area contributed by atoms with Gasteiger partial charge in [0.25, 0.3) is 0 Å². The maximum atomic E-state index is 13.8. The number of hydrogen-bond acceptors (Lipinski definition) is 2. The molecule has 0 bridgehead atoms. The lowest BCUT2D eigenvalue weighted by Crippen LogP contribution is -2.10. The highest BCUT2D eigenvalue weighted by Crippen LogP contribution is 2.33. The monoisotopic (exact) mass is 376 g/mol. The van der Waals surface area contributed by atoms with Crippen molar-refractivity contribution in [3.63, 3.8) is 0 Å². The van der Waals surface area contributed by atoms with E-state index in [0.29, 0.717) is 12.3 Å². The molecule has 3 rings (SSSR count). The number of H-pyrrole nitrogens is 1. The fraction of sp³-hybridized carbons (Fsp3) is 0.0667. The smallest absolute Gasteiger partial charge is 0.358 e. The Labute approximate surface area is 141 Å². The zero-order valence-electron chi connectivity index (χ0n) is 11.5. The maximum absolute atomic E-state index is 13.8. The number of nitrogens with zero attached hydrogens (tertiary/aromatic N) is 1. The molecule has 3 aromatic rings. The van der Waals surface area contributed by atoms with Gasteiger partial charge in [-0.05, 0) is 18.2 Å². The van der Waals surface area contributed by atoms with Crippen LogP contribution in [0.5, 0.6) is 0 Å². The number of halogens is 6. The molecule has 0 aliphatic rings. The topological polar surface area (TPSA) is 45.8 Å². The van der Waals surface area contributed by atoms with E-state index in [4.69, 9.17) is 23.2 Å². The fourth-order valence-corrected chi connectivity index (χ4v) is 2.69. The van der Waals surface area contributed by atoms with Crippen molar-refractivity contribution in [2.24, 2.45) is 0 Å². The number of hydrogen-bond donors (Lipinski definition) is 1. The quantitative estimate of drug-likeness (QED) is 0.603. The summed E-state index contributed by atoms with van der Waals surface area (Å²) in [5, 5.41) is -0.401. The Morgan fingerprint density at radius 1 is 1.12 bits per heavy atom. The highest BCUT2D eigenvalue weighted by Gasteiger charge is 2.32. The highest BCUT2D eigenvalue weighted by molar-refractivity contribution is 6.33. The maximum Gasteiger partial charge on any atom is 0.417 e. The van der Waals surface area contributed by atoms with E-state index in [-0.39, 0.29) is 32.2 Å². The van der Waals surface area contributed by atoms with Gasteiger partial charge in [0, 0.05) is 17.4 Å². The summed E-state index contributed by atoms with van der Waals surface area (Å²) in [7, 11) is 0. The molecule has 0 amide bonds. The Morgan fingerprint density at radius 3 is 2.46 bits per heavy atom.